The maximum Gasteiger partial charge on any atom is 0.253 e. The van der Waals surface area contributed by atoms with E-state index >= 15 is 0 Å². The van der Waals surface area contributed by atoms with E-state index in [2.05, 4.69) is 49.4 Å². The molecule has 10 nitrogen and oxygen atoms in total. The fourth-order valence-corrected chi connectivity index (χ4v) is 5.38. The van der Waals surface area contributed by atoms with E-state index in [1.807, 2.05) is 49.4 Å². The van der Waals surface area contributed by atoms with Gasteiger partial charge in [-0.05, 0) is 83.3 Å². The minimum atomic E-state index is -0.440. The van der Waals surface area contributed by atoms with Crippen molar-refractivity contribution in [3.05, 3.63) is 99.5 Å². The number of nitrogens with one attached hydrogen (secondary N) is 1. The van der Waals surface area contributed by atoms with Gasteiger partial charge < -0.3 is 19.0 Å². The minimum absolute atomic E-state index is 0.143. The molecule has 10 heteroatoms. The Kier molecular flexibility index (Phi) is 6.62. The summed E-state index contributed by atoms with van der Waals surface area (Å²) < 4.78 is 12.9. The van der Waals surface area contributed by atoms with E-state index in [9.17, 15) is 4.79 Å². The fraction of sp³-hybridized carbons (Fsp3) is 0.310. The molecule has 6 rings (SSSR count). The quantitative estimate of drug-likeness (QED) is 0.343. The number of hydrogen-bond acceptors (Lipinski definition) is 8. The Morgan fingerprint density at radius 1 is 1.03 bits per heavy atom. The second kappa shape index (κ2) is 10.4. The second-order valence-electron chi connectivity index (χ2n) is 9.95. The van der Waals surface area contributed by atoms with E-state index in [4.69, 9.17) is 9.15 Å². The zero-order chi connectivity index (χ0) is 26.9. The molecular weight excluding hydrogens is 494 g/mol. The van der Waals surface area contributed by atoms with Crippen molar-refractivity contribution in [2.75, 3.05) is 38.2 Å². The first-order chi connectivity index (χ1) is 19.0. The largest absolute Gasteiger partial charge is 0.495 e. The molecule has 4 heterocycles. The van der Waals surface area contributed by atoms with Crippen LogP contribution in [0.25, 0.3) is 10.9 Å². The van der Waals surface area contributed by atoms with Crippen molar-refractivity contribution in [3.63, 3.8) is 0 Å². The number of ether oxygens (including phenoxy) is 1. The number of anilines is 1. The topological polar surface area (TPSA) is 105 Å². The van der Waals surface area contributed by atoms with Gasteiger partial charge in [-0.15, -0.1) is 5.10 Å². The maximum absolute atomic E-state index is 13.6. The number of rotatable bonds is 7. The molecule has 0 aliphatic carbocycles. The van der Waals surface area contributed by atoms with Gasteiger partial charge in [0.1, 0.15) is 24.1 Å². The molecule has 3 aromatic heterocycles. The number of benzene rings is 2. The zero-order valence-electron chi connectivity index (χ0n) is 22.3. The molecule has 1 fully saturated rings. The molecule has 39 heavy (non-hydrogen) atoms. The lowest BCUT2D eigenvalue weighted by Crippen LogP contribution is -2.49. The number of aromatic amines is 1. The second-order valence-corrected chi connectivity index (χ2v) is 9.95. The number of hydrogen-bond donors (Lipinski definition) is 1. The highest BCUT2D eigenvalue weighted by Gasteiger charge is 2.33. The monoisotopic (exact) mass is 525 g/mol. The van der Waals surface area contributed by atoms with E-state index in [-0.39, 0.29) is 5.56 Å². The first-order valence-electron chi connectivity index (χ1n) is 13.1. The third-order valence-corrected chi connectivity index (χ3v) is 7.58. The van der Waals surface area contributed by atoms with Crippen molar-refractivity contribution in [3.8, 4) is 5.75 Å². The molecule has 0 radical (unpaired) electrons. The van der Waals surface area contributed by atoms with Crippen LogP contribution in [0.1, 0.15) is 34.3 Å². The van der Waals surface area contributed by atoms with Crippen molar-refractivity contribution in [2.45, 2.75) is 26.4 Å². The molecule has 1 saturated heterocycles. The van der Waals surface area contributed by atoms with Crippen LogP contribution in [0.5, 0.6) is 5.75 Å². The molecule has 1 N–H and O–H groups in total. The number of nitrogens with zero attached hydrogens (tertiary/aromatic N) is 6. The highest BCUT2D eigenvalue weighted by Crippen LogP contribution is 2.32. The molecule has 5 aromatic rings. The average Bonchev–Trinajstić information content (AvgIpc) is 3.63. The molecule has 0 spiro atoms. The number of aromatic nitrogens is 5. The fourth-order valence-electron chi connectivity index (χ4n) is 5.38. The first-order valence-corrected chi connectivity index (χ1v) is 13.1. The smallest absolute Gasteiger partial charge is 0.253 e. The summed E-state index contributed by atoms with van der Waals surface area (Å²) in [4.78, 5) is 21.3. The number of para-hydroxylation sites is 2. The SMILES string of the molecule is COc1ccccc1N1CCN(C(c2cc3cc(C)c(C)cc3[nH]c2=O)c2nnnn2Cc2ccco2)CC1. The number of piperazine rings is 1. The van der Waals surface area contributed by atoms with Gasteiger partial charge in [-0.1, -0.05) is 12.1 Å². The van der Waals surface area contributed by atoms with E-state index < -0.39 is 6.04 Å². The van der Waals surface area contributed by atoms with Gasteiger partial charge in [0.2, 0.25) is 0 Å². The van der Waals surface area contributed by atoms with Gasteiger partial charge >= 0.3 is 0 Å². The lowest BCUT2D eigenvalue weighted by Gasteiger charge is -2.40. The standard InChI is InChI=1S/C29H31N7O3/c1-19-15-21-17-23(29(37)30-24(21)16-20(19)2)27(28-31-32-33-36(28)18-22-7-6-14-39-22)35-12-10-34(11-13-35)25-8-4-5-9-26(25)38-3/h4-9,14-17,27H,10-13,18H2,1-3H3,(H,30,37). The summed E-state index contributed by atoms with van der Waals surface area (Å²) >= 11 is 0. The van der Waals surface area contributed by atoms with Crippen molar-refractivity contribution in [1.82, 2.24) is 30.1 Å². The van der Waals surface area contributed by atoms with Crippen molar-refractivity contribution >= 4 is 16.6 Å². The van der Waals surface area contributed by atoms with E-state index in [0.717, 1.165) is 46.8 Å². The van der Waals surface area contributed by atoms with Crippen LogP contribution in [0.3, 0.4) is 0 Å². The van der Waals surface area contributed by atoms with Crippen LogP contribution in [-0.4, -0.2) is 63.4 Å². The Morgan fingerprint density at radius 2 is 1.82 bits per heavy atom. The van der Waals surface area contributed by atoms with Gasteiger partial charge in [-0.3, -0.25) is 9.69 Å². The van der Waals surface area contributed by atoms with Gasteiger partial charge in [0.15, 0.2) is 5.82 Å². The Bertz CT molecular complexity index is 1650. The summed E-state index contributed by atoms with van der Waals surface area (Å²) in [7, 11) is 1.69. The molecular formula is C29H31N7O3. The predicted octanol–water partition coefficient (Wildman–Crippen LogP) is 3.69. The van der Waals surface area contributed by atoms with Crippen LogP contribution in [0, 0.1) is 13.8 Å². The molecule has 0 amide bonds. The van der Waals surface area contributed by atoms with Crippen LogP contribution in [0.2, 0.25) is 0 Å². The van der Waals surface area contributed by atoms with Crippen LogP contribution in [-0.2, 0) is 6.54 Å². The van der Waals surface area contributed by atoms with Gasteiger partial charge in [-0.25, -0.2) is 4.68 Å². The Morgan fingerprint density at radius 3 is 2.59 bits per heavy atom. The molecule has 200 valence electrons. The number of furan rings is 1. The zero-order valence-corrected chi connectivity index (χ0v) is 22.3. The number of aryl methyl sites for hydroxylation is 2. The van der Waals surface area contributed by atoms with Crippen LogP contribution in [0.15, 0.2) is 70.1 Å². The van der Waals surface area contributed by atoms with Crippen LogP contribution >= 0.6 is 0 Å². The minimum Gasteiger partial charge on any atom is -0.495 e. The summed E-state index contributed by atoms with van der Waals surface area (Å²) in [5, 5.41) is 13.7. The Labute approximate surface area is 225 Å². The van der Waals surface area contributed by atoms with E-state index in [0.29, 0.717) is 31.0 Å². The highest BCUT2D eigenvalue weighted by atomic mass is 16.5. The lowest BCUT2D eigenvalue weighted by molar-refractivity contribution is 0.199. The third kappa shape index (κ3) is 4.79. The molecule has 1 unspecified atom stereocenters. The predicted molar refractivity (Wildman–Crippen MR) is 148 cm³/mol. The van der Waals surface area contributed by atoms with Crippen molar-refractivity contribution in [1.29, 1.82) is 0 Å². The number of H-pyrrole nitrogens is 1. The van der Waals surface area contributed by atoms with Crippen LogP contribution in [0.4, 0.5) is 5.69 Å². The Balaban J connectivity index is 1.39. The number of fused-ring (bicyclic) bond motifs is 1. The normalized spacial score (nSPS) is 15.1. The summed E-state index contributed by atoms with van der Waals surface area (Å²) in [6.07, 6.45) is 1.63. The molecule has 0 saturated carbocycles. The lowest BCUT2D eigenvalue weighted by atomic mass is 10.00. The summed E-state index contributed by atoms with van der Waals surface area (Å²) in [6, 6.07) is 17.5. The molecule has 0 bridgehead atoms. The van der Waals surface area contributed by atoms with Gasteiger partial charge in [0.05, 0.1) is 19.1 Å². The maximum atomic E-state index is 13.6. The average molecular weight is 526 g/mol. The van der Waals surface area contributed by atoms with Gasteiger partial charge in [0.25, 0.3) is 5.56 Å². The summed E-state index contributed by atoms with van der Waals surface area (Å²) in [5.41, 5.74) is 4.67. The van der Waals surface area contributed by atoms with E-state index in [1.54, 1.807) is 18.1 Å². The van der Waals surface area contributed by atoms with Gasteiger partial charge in [0, 0.05) is 37.3 Å². The van der Waals surface area contributed by atoms with E-state index in [1.165, 1.54) is 5.56 Å². The van der Waals surface area contributed by atoms with Gasteiger partial charge in [-0.2, -0.15) is 0 Å². The third-order valence-electron chi connectivity index (χ3n) is 7.58. The molecule has 2 aromatic carbocycles. The summed E-state index contributed by atoms with van der Waals surface area (Å²) in [5.74, 6) is 2.19. The number of methoxy groups -OCH3 is 1. The molecule has 1 aliphatic heterocycles. The molecule has 1 atom stereocenters. The number of tetrazole rings is 1. The number of pyridine rings is 1. The first kappa shape index (κ1) is 24.9. The highest BCUT2D eigenvalue weighted by molar-refractivity contribution is 5.81. The van der Waals surface area contributed by atoms with Crippen molar-refractivity contribution in [2.24, 2.45) is 0 Å². The van der Waals surface area contributed by atoms with Crippen LogP contribution < -0.4 is 15.2 Å². The summed E-state index contributed by atoms with van der Waals surface area (Å²) in [6.45, 7) is 7.45. The van der Waals surface area contributed by atoms with Crippen molar-refractivity contribution < 1.29 is 9.15 Å². The molecule has 1 aliphatic rings. The Hall–Kier alpha value is -4.44.